The second kappa shape index (κ2) is 8.44. The summed E-state index contributed by atoms with van der Waals surface area (Å²) in [6.45, 7) is 3.64. The zero-order chi connectivity index (χ0) is 15.8. The molecule has 1 aromatic heterocycles. The van der Waals surface area contributed by atoms with E-state index in [-0.39, 0.29) is 0 Å². The van der Waals surface area contributed by atoms with Crippen LogP contribution in [0.25, 0.3) is 0 Å². The fourth-order valence-electron chi connectivity index (χ4n) is 2.10. The van der Waals surface area contributed by atoms with Gasteiger partial charge >= 0.3 is 0 Å². The number of nitrogens with one attached hydrogen (secondary N) is 1. The highest BCUT2D eigenvalue weighted by Crippen LogP contribution is 2.14. The SMILES string of the molecule is CC(CN=C(N)NCCc1cccs1)N(C)c1ccccc1. The normalized spacial score (nSPS) is 12.9. The zero-order valence-corrected chi connectivity index (χ0v) is 14.0. The van der Waals surface area contributed by atoms with Crippen molar-refractivity contribution >= 4 is 23.0 Å². The van der Waals surface area contributed by atoms with E-state index in [1.807, 2.05) is 18.2 Å². The molecule has 2 rings (SSSR count). The molecular formula is C17H24N4S. The van der Waals surface area contributed by atoms with E-state index in [0.29, 0.717) is 18.5 Å². The lowest BCUT2D eigenvalue weighted by atomic mass is 10.2. The van der Waals surface area contributed by atoms with Crippen LogP contribution < -0.4 is 16.0 Å². The van der Waals surface area contributed by atoms with Gasteiger partial charge in [0.15, 0.2) is 5.96 Å². The highest BCUT2D eigenvalue weighted by atomic mass is 32.1. The molecule has 0 amide bonds. The first-order valence-corrected chi connectivity index (χ1v) is 8.39. The number of likely N-dealkylation sites (N-methyl/N-ethyl adjacent to an activating group) is 1. The van der Waals surface area contributed by atoms with E-state index in [1.54, 1.807) is 11.3 Å². The molecular weight excluding hydrogens is 292 g/mol. The maximum Gasteiger partial charge on any atom is 0.188 e. The van der Waals surface area contributed by atoms with Gasteiger partial charge in [-0.05, 0) is 36.9 Å². The smallest absolute Gasteiger partial charge is 0.188 e. The Bertz CT molecular complexity index is 566. The number of nitrogens with zero attached hydrogens (tertiary/aromatic N) is 2. The van der Waals surface area contributed by atoms with E-state index in [0.717, 1.165) is 13.0 Å². The number of para-hydroxylation sites is 1. The Morgan fingerprint density at radius 2 is 2.05 bits per heavy atom. The number of rotatable bonds is 7. The van der Waals surface area contributed by atoms with Gasteiger partial charge in [0, 0.05) is 30.2 Å². The molecule has 0 bridgehead atoms. The van der Waals surface area contributed by atoms with E-state index >= 15 is 0 Å². The molecule has 4 nitrogen and oxygen atoms in total. The molecule has 1 unspecified atom stereocenters. The minimum absolute atomic E-state index is 0.292. The van der Waals surface area contributed by atoms with Crippen LogP contribution in [0.1, 0.15) is 11.8 Å². The maximum atomic E-state index is 5.92. The standard InChI is InChI=1S/C17H24N4S/c1-14(21(2)15-7-4-3-5-8-15)13-20-17(18)19-11-10-16-9-6-12-22-16/h3-9,12,14H,10-11,13H2,1-2H3,(H3,18,19,20). The Labute approximate surface area is 136 Å². The highest BCUT2D eigenvalue weighted by molar-refractivity contribution is 7.09. The second-order valence-corrected chi connectivity index (χ2v) is 6.31. The van der Waals surface area contributed by atoms with Crippen molar-refractivity contribution in [3.05, 3.63) is 52.7 Å². The van der Waals surface area contributed by atoms with Crippen LogP contribution in [0, 0.1) is 0 Å². The van der Waals surface area contributed by atoms with Crippen LogP contribution in [-0.4, -0.2) is 32.1 Å². The molecule has 0 radical (unpaired) electrons. The average molecular weight is 316 g/mol. The largest absolute Gasteiger partial charge is 0.370 e. The summed E-state index contributed by atoms with van der Waals surface area (Å²) < 4.78 is 0. The van der Waals surface area contributed by atoms with E-state index in [4.69, 9.17) is 5.73 Å². The Morgan fingerprint density at radius 1 is 1.27 bits per heavy atom. The minimum atomic E-state index is 0.292. The van der Waals surface area contributed by atoms with Crippen molar-refractivity contribution in [3.63, 3.8) is 0 Å². The predicted molar refractivity (Wildman–Crippen MR) is 96.8 cm³/mol. The van der Waals surface area contributed by atoms with Gasteiger partial charge in [0.2, 0.25) is 0 Å². The molecule has 2 aromatic rings. The molecule has 1 atom stereocenters. The summed E-state index contributed by atoms with van der Waals surface area (Å²) in [5.41, 5.74) is 7.11. The minimum Gasteiger partial charge on any atom is -0.370 e. The summed E-state index contributed by atoms with van der Waals surface area (Å²) in [6, 6.07) is 14.8. The number of aliphatic imine (C=N–C) groups is 1. The average Bonchev–Trinajstić information content (AvgIpc) is 3.06. The van der Waals surface area contributed by atoms with Gasteiger partial charge in [0.1, 0.15) is 0 Å². The summed E-state index contributed by atoms with van der Waals surface area (Å²) in [7, 11) is 2.08. The number of nitrogens with two attached hydrogens (primary N) is 1. The molecule has 0 spiro atoms. The number of anilines is 1. The fraction of sp³-hybridized carbons (Fsp3) is 0.353. The monoisotopic (exact) mass is 316 g/mol. The summed E-state index contributed by atoms with van der Waals surface area (Å²) in [6.07, 6.45) is 0.980. The summed E-state index contributed by atoms with van der Waals surface area (Å²) >= 11 is 1.77. The van der Waals surface area contributed by atoms with E-state index in [1.165, 1.54) is 10.6 Å². The summed E-state index contributed by atoms with van der Waals surface area (Å²) in [4.78, 5) is 8.00. The van der Waals surface area contributed by atoms with Gasteiger partial charge in [0.25, 0.3) is 0 Å². The first kappa shape index (κ1) is 16.4. The van der Waals surface area contributed by atoms with Crippen LogP contribution in [-0.2, 0) is 6.42 Å². The van der Waals surface area contributed by atoms with Crippen molar-refractivity contribution in [1.82, 2.24) is 5.32 Å². The van der Waals surface area contributed by atoms with Gasteiger partial charge in [-0.3, -0.25) is 4.99 Å². The molecule has 1 aromatic carbocycles. The van der Waals surface area contributed by atoms with Crippen molar-refractivity contribution in [2.45, 2.75) is 19.4 Å². The van der Waals surface area contributed by atoms with Crippen LogP contribution in [0.3, 0.4) is 0 Å². The first-order valence-electron chi connectivity index (χ1n) is 7.51. The molecule has 0 aliphatic heterocycles. The third-order valence-corrected chi connectivity index (χ3v) is 4.54. The summed E-state index contributed by atoms with van der Waals surface area (Å²) in [5.74, 6) is 0.518. The quantitative estimate of drug-likeness (QED) is 0.610. The Hall–Kier alpha value is -2.01. The predicted octanol–water partition coefficient (Wildman–Crippen LogP) is 2.72. The summed E-state index contributed by atoms with van der Waals surface area (Å²) in [5, 5.41) is 5.26. The van der Waals surface area contributed by atoms with E-state index in [9.17, 15) is 0 Å². The number of guanidine groups is 1. The van der Waals surface area contributed by atoms with Crippen LogP contribution in [0.15, 0.2) is 52.8 Å². The first-order chi connectivity index (χ1) is 10.7. The van der Waals surface area contributed by atoms with Gasteiger partial charge in [-0.1, -0.05) is 24.3 Å². The lowest BCUT2D eigenvalue weighted by molar-refractivity contribution is 0.692. The number of benzene rings is 1. The number of thiophene rings is 1. The number of hydrogen-bond donors (Lipinski definition) is 2. The molecule has 0 saturated carbocycles. The van der Waals surface area contributed by atoms with Gasteiger partial charge in [0.05, 0.1) is 6.54 Å². The Kier molecular flexibility index (Phi) is 6.27. The lowest BCUT2D eigenvalue weighted by Crippen LogP contribution is -2.36. The zero-order valence-electron chi connectivity index (χ0n) is 13.2. The van der Waals surface area contributed by atoms with Gasteiger partial charge in [-0.25, -0.2) is 0 Å². The topological polar surface area (TPSA) is 53.6 Å². The third kappa shape index (κ3) is 5.07. The maximum absolute atomic E-state index is 5.92. The molecule has 22 heavy (non-hydrogen) atoms. The molecule has 3 N–H and O–H groups in total. The van der Waals surface area contributed by atoms with Crippen molar-refractivity contribution in [2.75, 3.05) is 25.0 Å². The van der Waals surface area contributed by atoms with Crippen LogP contribution in [0.5, 0.6) is 0 Å². The third-order valence-electron chi connectivity index (χ3n) is 3.61. The van der Waals surface area contributed by atoms with Crippen LogP contribution in [0.4, 0.5) is 5.69 Å². The van der Waals surface area contributed by atoms with Crippen molar-refractivity contribution in [2.24, 2.45) is 10.7 Å². The van der Waals surface area contributed by atoms with Crippen molar-refractivity contribution < 1.29 is 0 Å². The Balaban J connectivity index is 1.75. The molecule has 0 fully saturated rings. The van der Waals surface area contributed by atoms with Gasteiger partial charge in [-0.15, -0.1) is 11.3 Å². The molecule has 118 valence electrons. The van der Waals surface area contributed by atoms with Gasteiger partial charge in [-0.2, -0.15) is 0 Å². The molecule has 0 aliphatic rings. The molecule has 1 heterocycles. The Morgan fingerprint density at radius 3 is 2.73 bits per heavy atom. The lowest BCUT2D eigenvalue weighted by Gasteiger charge is -2.25. The second-order valence-electron chi connectivity index (χ2n) is 5.28. The highest BCUT2D eigenvalue weighted by Gasteiger charge is 2.09. The molecule has 5 heteroatoms. The molecule has 0 aliphatic carbocycles. The van der Waals surface area contributed by atoms with E-state index in [2.05, 4.69) is 58.8 Å². The molecule has 0 saturated heterocycles. The van der Waals surface area contributed by atoms with E-state index < -0.39 is 0 Å². The van der Waals surface area contributed by atoms with Crippen molar-refractivity contribution in [1.29, 1.82) is 0 Å². The number of hydrogen-bond acceptors (Lipinski definition) is 3. The van der Waals surface area contributed by atoms with Crippen LogP contribution >= 0.6 is 11.3 Å². The fourth-order valence-corrected chi connectivity index (χ4v) is 2.80. The van der Waals surface area contributed by atoms with Crippen LogP contribution in [0.2, 0.25) is 0 Å². The van der Waals surface area contributed by atoms with Crippen molar-refractivity contribution in [3.8, 4) is 0 Å². The van der Waals surface area contributed by atoms with Gasteiger partial charge < -0.3 is 16.0 Å².